The SMILES string of the molecule is CCC[C@H](N)C12C[C@@H]3C[C@@H](CC(CN)(C3)C1)C2. The van der Waals surface area contributed by atoms with Crippen LogP contribution >= 0.6 is 0 Å². The Morgan fingerprint density at radius 1 is 1.18 bits per heavy atom. The Bertz CT molecular complexity index is 285. The molecule has 2 nitrogen and oxygen atoms in total. The summed E-state index contributed by atoms with van der Waals surface area (Å²) in [6.07, 6.45) is 10.9. The predicted octanol–water partition coefficient (Wildman–Crippen LogP) is 2.66. The Morgan fingerprint density at radius 2 is 1.82 bits per heavy atom. The first-order chi connectivity index (χ1) is 8.11. The molecule has 0 saturated heterocycles. The average Bonchev–Trinajstić information content (AvgIpc) is 2.27. The highest BCUT2D eigenvalue weighted by molar-refractivity contribution is 5.10. The molecule has 0 aromatic heterocycles. The first kappa shape index (κ1) is 12.0. The van der Waals surface area contributed by atoms with Crippen molar-refractivity contribution in [2.24, 2.45) is 34.1 Å². The first-order valence-electron chi connectivity index (χ1n) is 7.57. The van der Waals surface area contributed by atoms with E-state index in [4.69, 9.17) is 11.5 Å². The Hall–Kier alpha value is -0.0800. The van der Waals surface area contributed by atoms with Crippen LogP contribution in [0.4, 0.5) is 0 Å². The molecule has 4 rings (SSSR count). The quantitative estimate of drug-likeness (QED) is 0.788. The van der Waals surface area contributed by atoms with Gasteiger partial charge in [-0.15, -0.1) is 0 Å². The Morgan fingerprint density at radius 3 is 2.35 bits per heavy atom. The van der Waals surface area contributed by atoms with Crippen LogP contribution in [0.2, 0.25) is 0 Å². The fraction of sp³-hybridized carbons (Fsp3) is 1.00. The maximum Gasteiger partial charge on any atom is 0.00958 e. The lowest BCUT2D eigenvalue weighted by Crippen LogP contribution is -2.59. The molecular weight excluding hydrogens is 208 g/mol. The summed E-state index contributed by atoms with van der Waals surface area (Å²) >= 11 is 0. The van der Waals surface area contributed by atoms with Gasteiger partial charge in [-0.1, -0.05) is 13.3 Å². The van der Waals surface area contributed by atoms with E-state index < -0.39 is 0 Å². The number of hydrogen-bond donors (Lipinski definition) is 2. The molecule has 4 aliphatic rings. The van der Waals surface area contributed by atoms with Crippen LogP contribution in [0, 0.1) is 22.7 Å². The third kappa shape index (κ3) is 1.76. The molecule has 4 aliphatic carbocycles. The molecule has 0 aromatic rings. The Balaban J connectivity index is 1.87. The molecule has 17 heavy (non-hydrogen) atoms. The van der Waals surface area contributed by atoms with Gasteiger partial charge < -0.3 is 11.5 Å². The van der Waals surface area contributed by atoms with Crippen LogP contribution in [-0.2, 0) is 0 Å². The highest BCUT2D eigenvalue weighted by Crippen LogP contribution is 2.65. The molecular formula is C15H28N2. The lowest BCUT2D eigenvalue weighted by Gasteiger charge is -2.63. The minimum Gasteiger partial charge on any atom is -0.330 e. The summed E-state index contributed by atoms with van der Waals surface area (Å²) in [5.41, 5.74) is 13.6. The zero-order chi connectivity index (χ0) is 12.1. The normalized spacial score (nSPS) is 49.6. The monoisotopic (exact) mass is 236 g/mol. The van der Waals surface area contributed by atoms with Crippen molar-refractivity contribution in [3.63, 3.8) is 0 Å². The lowest BCUT2D eigenvalue weighted by molar-refractivity contribution is -0.117. The summed E-state index contributed by atoms with van der Waals surface area (Å²) in [7, 11) is 0. The second-order valence-corrected chi connectivity index (χ2v) is 7.42. The van der Waals surface area contributed by atoms with Gasteiger partial charge >= 0.3 is 0 Å². The molecule has 0 heterocycles. The van der Waals surface area contributed by atoms with Crippen LogP contribution in [0.3, 0.4) is 0 Å². The maximum atomic E-state index is 6.56. The van der Waals surface area contributed by atoms with Crippen molar-refractivity contribution in [3.8, 4) is 0 Å². The summed E-state index contributed by atoms with van der Waals surface area (Å²) in [6.45, 7) is 3.17. The number of rotatable bonds is 4. The predicted molar refractivity (Wildman–Crippen MR) is 71.5 cm³/mol. The maximum absolute atomic E-state index is 6.56. The number of hydrogen-bond acceptors (Lipinski definition) is 2. The van der Waals surface area contributed by atoms with Crippen LogP contribution in [0.5, 0.6) is 0 Å². The van der Waals surface area contributed by atoms with Crippen LogP contribution in [-0.4, -0.2) is 12.6 Å². The van der Waals surface area contributed by atoms with Crippen molar-refractivity contribution >= 4 is 0 Å². The van der Waals surface area contributed by atoms with Gasteiger partial charge in [-0.05, 0) is 74.2 Å². The first-order valence-corrected chi connectivity index (χ1v) is 7.57. The minimum atomic E-state index is 0.435. The topological polar surface area (TPSA) is 52.0 Å². The smallest absolute Gasteiger partial charge is 0.00958 e. The van der Waals surface area contributed by atoms with E-state index in [0.29, 0.717) is 16.9 Å². The molecule has 4 N–H and O–H groups in total. The van der Waals surface area contributed by atoms with Crippen LogP contribution in [0.1, 0.15) is 58.3 Å². The third-order valence-electron chi connectivity index (χ3n) is 6.05. The van der Waals surface area contributed by atoms with Crippen molar-refractivity contribution in [1.82, 2.24) is 0 Å². The molecule has 4 fully saturated rings. The van der Waals surface area contributed by atoms with Gasteiger partial charge in [0.1, 0.15) is 0 Å². The molecule has 2 heteroatoms. The van der Waals surface area contributed by atoms with E-state index in [9.17, 15) is 0 Å². The second kappa shape index (κ2) is 3.96. The van der Waals surface area contributed by atoms with E-state index >= 15 is 0 Å². The van der Waals surface area contributed by atoms with Crippen molar-refractivity contribution < 1.29 is 0 Å². The van der Waals surface area contributed by atoms with Gasteiger partial charge in [-0.3, -0.25) is 0 Å². The third-order valence-corrected chi connectivity index (χ3v) is 6.05. The Kier molecular flexibility index (Phi) is 2.79. The standard InChI is InChI=1S/C15H28N2/c1-2-3-13(17)15-7-11-4-12(8-15)6-14(5-11,9-15)10-16/h11-13H,2-10,16-17H2,1H3/t11-,12+,13-,14?,15?/m0/s1. The molecule has 0 spiro atoms. The molecule has 0 aromatic carbocycles. The molecule has 0 amide bonds. The zero-order valence-corrected chi connectivity index (χ0v) is 11.3. The number of nitrogens with two attached hydrogens (primary N) is 2. The zero-order valence-electron chi connectivity index (χ0n) is 11.3. The van der Waals surface area contributed by atoms with Gasteiger partial charge in [-0.25, -0.2) is 0 Å². The average molecular weight is 236 g/mol. The Labute approximate surface area is 106 Å². The van der Waals surface area contributed by atoms with Gasteiger partial charge in [-0.2, -0.15) is 0 Å². The highest BCUT2D eigenvalue weighted by Gasteiger charge is 2.58. The summed E-state index contributed by atoms with van der Waals surface area (Å²) in [4.78, 5) is 0. The van der Waals surface area contributed by atoms with Crippen LogP contribution in [0.15, 0.2) is 0 Å². The molecule has 4 bridgehead atoms. The molecule has 0 radical (unpaired) electrons. The molecule has 4 saturated carbocycles. The van der Waals surface area contributed by atoms with E-state index in [1.807, 2.05) is 0 Å². The van der Waals surface area contributed by atoms with Crippen LogP contribution in [0.25, 0.3) is 0 Å². The largest absolute Gasteiger partial charge is 0.330 e. The molecule has 2 unspecified atom stereocenters. The minimum absolute atomic E-state index is 0.435. The van der Waals surface area contributed by atoms with Crippen molar-refractivity contribution in [2.45, 2.75) is 64.3 Å². The fourth-order valence-electron chi connectivity index (χ4n) is 5.82. The molecule has 0 aliphatic heterocycles. The summed E-state index contributed by atoms with van der Waals surface area (Å²) < 4.78 is 0. The molecule has 5 atom stereocenters. The summed E-state index contributed by atoms with van der Waals surface area (Å²) in [5, 5.41) is 0. The van der Waals surface area contributed by atoms with E-state index in [2.05, 4.69) is 6.92 Å². The van der Waals surface area contributed by atoms with E-state index in [1.54, 1.807) is 0 Å². The van der Waals surface area contributed by atoms with E-state index in [0.717, 1.165) is 18.4 Å². The van der Waals surface area contributed by atoms with Gasteiger partial charge in [0.15, 0.2) is 0 Å². The van der Waals surface area contributed by atoms with E-state index in [1.165, 1.54) is 51.4 Å². The van der Waals surface area contributed by atoms with Crippen molar-refractivity contribution in [2.75, 3.05) is 6.54 Å². The lowest BCUT2D eigenvalue weighted by atomic mass is 9.42. The van der Waals surface area contributed by atoms with Crippen molar-refractivity contribution in [3.05, 3.63) is 0 Å². The van der Waals surface area contributed by atoms with Gasteiger partial charge in [0.2, 0.25) is 0 Å². The second-order valence-electron chi connectivity index (χ2n) is 7.42. The van der Waals surface area contributed by atoms with Crippen LogP contribution < -0.4 is 11.5 Å². The highest BCUT2D eigenvalue weighted by atomic mass is 14.8. The van der Waals surface area contributed by atoms with Gasteiger partial charge in [0.05, 0.1) is 0 Å². The summed E-state index contributed by atoms with van der Waals surface area (Å²) in [5.74, 6) is 1.89. The van der Waals surface area contributed by atoms with Crippen molar-refractivity contribution in [1.29, 1.82) is 0 Å². The fourth-order valence-corrected chi connectivity index (χ4v) is 5.82. The van der Waals surface area contributed by atoms with Gasteiger partial charge in [0.25, 0.3) is 0 Å². The molecule has 98 valence electrons. The summed E-state index contributed by atoms with van der Waals surface area (Å²) in [6, 6.07) is 0.435. The van der Waals surface area contributed by atoms with E-state index in [-0.39, 0.29) is 0 Å². The van der Waals surface area contributed by atoms with Gasteiger partial charge in [0, 0.05) is 6.04 Å².